The number of benzene rings is 1. The van der Waals surface area contributed by atoms with E-state index in [0.717, 1.165) is 5.56 Å². The van der Waals surface area contributed by atoms with Crippen molar-refractivity contribution in [2.45, 2.75) is 37.7 Å². The van der Waals surface area contributed by atoms with E-state index in [1.54, 1.807) is 11.8 Å². The summed E-state index contributed by atoms with van der Waals surface area (Å²) in [5.41, 5.74) is 2.52. The van der Waals surface area contributed by atoms with E-state index in [1.807, 2.05) is 24.4 Å². The predicted molar refractivity (Wildman–Crippen MR) is 85.5 cm³/mol. The van der Waals surface area contributed by atoms with E-state index in [4.69, 9.17) is 4.74 Å². The Kier molecular flexibility index (Phi) is 4.71. The molecule has 0 aliphatic carbocycles. The first-order valence-electron chi connectivity index (χ1n) is 6.72. The maximum Gasteiger partial charge on any atom is 0.213 e. The molecular weight excluding hydrogens is 266 g/mol. The van der Waals surface area contributed by atoms with E-state index < -0.39 is 0 Å². The van der Waals surface area contributed by atoms with Gasteiger partial charge in [-0.05, 0) is 22.8 Å². The van der Waals surface area contributed by atoms with Crippen molar-refractivity contribution in [3.8, 4) is 5.88 Å². The number of aromatic nitrogens is 1. The number of thioether (sulfide) groups is 1. The minimum atomic E-state index is 0.0894. The number of nitrogens with zero attached hydrogens (tertiary/aromatic N) is 1. The van der Waals surface area contributed by atoms with Gasteiger partial charge in [0.05, 0.1) is 0 Å². The van der Waals surface area contributed by atoms with Gasteiger partial charge in [-0.1, -0.05) is 51.1 Å². The Morgan fingerprint density at radius 2 is 1.85 bits per heavy atom. The molecule has 0 atom stereocenters. The Morgan fingerprint density at radius 3 is 2.45 bits per heavy atom. The molecular formula is C17H21NOS. The van der Waals surface area contributed by atoms with Gasteiger partial charge in [0.15, 0.2) is 0 Å². The molecule has 0 unspecified atom stereocenters. The zero-order valence-corrected chi connectivity index (χ0v) is 13.3. The average molecular weight is 287 g/mol. The van der Waals surface area contributed by atoms with Gasteiger partial charge < -0.3 is 4.74 Å². The summed E-state index contributed by atoms with van der Waals surface area (Å²) in [6.07, 6.45) is 3.99. The SMILES string of the molecule is CSc1cnc(OCc2ccccc2)cc1C(C)(C)C. The molecule has 1 aromatic carbocycles. The van der Waals surface area contributed by atoms with Gasteiger partial charge in [0.25, 0.3) is 0 Å². The monoisotopic (exact) mass is 287 g/mol. The molecule has 0 bridgehead atoms. The van der Waals surface area contributed by atoms with E-state index in [-0.39, 0.29) is 5.41 Å². The molecule has 20 heavy (non-hydrogen) atoms. The van der Waals surface area contributed by atoms with E-state index >= 15 is 0 Å². The van der Waals surface area contributed by atoms with Crippen molar-refractivity contribution in [2.24, 2.45) is 0 Å². The topological polar surface area (TPSA) is 22.1 Å². The second-order valence-electron chi connectivity index (χ2n) is 5.75. The van der Waals surface area contributed by atoms with Gasteiger partial charge in [-0.3, -0.25) is 0 Å². The number of hydrogen-bond acceptors (Lipinski definition) is 3. The van der Waals surface area contributed by atoms with Crippen molar-refractivity contribution in [3.05, 3.63) is 53.7 Å². The number of hydrogen-bond donors (Lipinski definition) is 0. The molecule has 3 heteroatoms. The first-order chi connectivity index (χ1) is 9.50. The van der Waals surface area contributed by atoms with Gasteiger partial charge in [0, 0.05) is 17.2 Å². The highest BCUT2D eigenvalue weighted by Gasteiger charge is 2.19. The standard InChI is InChI=1S/C17H21NOS/c1-17(2,3)14-10-16(18-11-15(14)20-4)19-12-13-8-6-5-7-9-13/h5-11H,12H2,1-4H3. The normalized spacial score (nSPS) is 11.4. The van der Waals surface area contributed by atoms with Crippen molar-refractivity contribution < 1.29 is 4.74 Å². The third kappa shape index (κ3) is 3.76. The summed E-state index contributed by atoms with van der Waals surface area (Å²) < 4.78 is 5.81. The molecule has 0 fully saturated rings. The number of rotatable bonds is 4. The van der Waals surface area contributed by atoms with Crippen LogP contribution in [-0.2, 0) is 12.0 Å². The summed E-state index contributed by atoms with van der Waals surface area (Å²) in [5.74, 6) is 0.691. The third-order valence-electron chi connectivity index (χ3n) is 3.10. The Bertz CT molecular complexity index is 561. The molecule has 106 valence electrons. The second-order valence-corrected chi connectivity index (χ2v) is 6.60. The summed E-state index contributed by atoms with van der Waals surface area (Å²) in [4.78, 5) is 5.61. The lowest BCUT2D eigenvalue weighted by Gasteiger charge is -2.22. The molecule has 0 amide bonds. The number of pyridine rings is 1. The van der Waals surface area contributed by atoms with Crippen molar-refractivity contribution in [3.63, 3.8) is 0 Å². The summed E-state index contributed by atoms with van der Waals surface area (Å²) in [7, 11) is 0. The summed E-state index contributed by atoms with van der Waals surface area (Å²) in [6, 6.07) is 12.2. The van der Waals surface area contributed by atoms with Crippen LogP contribution in [0.1, 0.15) is 31.9 Å². The minimum Gasteiger partial charge on any atom is -0.473 e. The average Bonchev–Trinajstić information content (AvgIpc) is 2.45. The Balaban J connectivity index is 2.17. The van der Waals surface area contributed by atoms with Gasteiger partial charge in [-0.15, -0.1) is 11.8 Å². The van der Waals surface area contributed by atoms with Crippen LogP contribution in [0.5, 0.6) is 5.88 Å². The number of ether oxygens (including phenoxy) is 1. The lowest BCUT2D eigenvalue weighted by molar-refractivity contribution is 0.292. The fourth-order valence-corrected chi connectivity index (χ4v) is 2.73. The summed E-state index contributed by atoms with van der Waals surface area (Å²) >= 11 is 1.73. The molecule has 0 aliphatic heterocycles. The molecule has 0 radical (unpaired) electrons. The van der Waals surface area contributed by atoms with Crippen molar-refractivity contribution in [2.75, 3.05) is 6.26 Å². The molecule has 0 saturated carbocycles. The van der Waals surface area contributed by atoms with Crippen LogP contribution in [0.25, 0.3) is 0 Å². The van der Waals surface area contributed by atoms with Gasteiger partial charge >= 0.3 is 0 Å². The summed E-state index contributed by atoms with van der Waals surface area (Å²) in [5, 5.41) is 0. The molecule has 1 heterocycles. The van der Waals surface area contributed by atoms with Crippen LogP contribution in [-0.4, -0.2) is 11.2 Å². The molecule has 0 aliphatic rings. The van der Waals surface area contributed by atoms with Gasteiger partial charge in [0.1, 0.15) is 6.61 Å². The van der Waals surface area contributed by atoms with E-state index in [1.165, 1.54) is 10.5 Å². The first kappa shape index (κ1) is 14.9. The maximum absolute atomic E-state index is 5.81. The Hall–Kier alpha value is -1.48. The molecule has 0 spiro atoms. The Morgan fingerprint density at radius 1 is 1.15 bits per heavy atom. The predicted octanol–water partition coefficient (Wildman–Crippen LogP) is 4.68. The van der Waals surface area contributed by atoms with E-state index in [9.17, 15) is 0 Å². The fourth-order valence-electron chi connectivity index (χ4n) is 1.98. The highest BCUT2D eigenvalue weighted by atomic mass is 32.2. The van der Waals surface area contributed by atoms with Crippen molar-refractivity contribution in [1.29, 1.82) is 0 Å². The van der Waals surface area contributed by atoms with Crippen LogP contribution < -0.4 is 4.74 Å². The minimum absolute atomic E-state index is 0.0894. The molecule has 2 rings (SSSR count). The first-order valence-corrected chi connectivity index (χ1v) is 7.94. The van der Waals surface area contributed by atoms with Crippen LogP contribution in [0, 0.1) is 0 Å². The lowest BCUT2D eigenvalue weighted by atomic mass is 9.88. The van der Waals surface area contributed by atoms with E-state index in [0.29, 0.717) is 12.5 Å². The quantitative estimate of drug-likeness (QED) is 0.762. The smallest absolute Gasteiger partial charge is 0.213 e. The zero-order chi connectivity index (χ0) is 14.6. The van der Waals surface area contributed by atoms with Crippen LogP contribution >= 0.6 is 11.8 Å². The highest BCUT2D eigenvalue weighted by molar-refractivity contribution is 7.98. The van der Waals surface area contributed by atoms with Crippen LogP contribution in [0.2, 0.25) is 0 Å². The van der Waals surface area contributed by atoms with Crippen LogP contribution in [0.15, 0.2) is 47.5 Å². The summed E-state index contributed by atoms with van der Waals surface area (Å²) in [6.45, 7) is 7.19. The largest absolute Gasteiger partial charge is 0.473 e. The molecule has 1 aromatic heterocycles. The molecule has 2 aromatic rings. The van der Waals surface area contributed by atoms with E-state index in [2.05, 4.69) is 50.2 Å². The molecule has 2 nitrogen and oxygen atoms in total. The third-order valence-corrected chi connectivity index (χ3v) is 3.86. The Labute approximate surface area is 125 Å². The van der Waals surface area contributed by atoms with Gasteiger partial charge in [-0.25, -0.2) is 4.98 Å². The lowest BCUT2D eigenvalue weighted by Crippen LogP contribution is -2.13. The van der Waals surface area contributed by atoms with Crippen molar-refractivity contribution in [1.82, 2.24) is 4.98 Å². The fraction of sp³-hybridized carbons (Fsp3) is 0.353. The maximum atomic E-state index is 5.81. The van der Waals surface area contributed by atoms with Crippen molar-refractivity contribution >= 4 is 11.8 Å². The van der Waals surface area contributed by atoms with Crippen LogP contribution in [0.3, 0.4) is 0 Å². The molecule has 0 saturated heterocycles. The highest BCUT2D eigenvalue weighted by Crippen LogP contribution is 2.33. The molecule has 0 N–H and O–H groups in total. The second kappa shape index (κ2) is 6.31. The zero-order valence-electron chi connectivity index (χ0n) is 12.5. The van der Waals surface area contributed by atoms with Gasteiger partial charge in [0.2, 0.25) is 5.88 Å². The van der Waals surface area contributed by atoms with Gasteiger partial charge in [-0.2, -0.15) is 0 Å². The van der Waals surface area contributed by atoms with Crippen LogP contribution in [0.4, 0.5) is 0 Å².